The van der Waals surface area contributed by atoms with Gasteiger partial charge in [0.15, 0.2) is 0 Å². The fourth-order valence-electron chi connectivity index (χ4n) is 2.71. The average molecular weight is 403 g/mol. The van der Waals surface area contributed by atoms with Crippen molar-refractivity contribution in [2.45, 2.75) is 0 Å². The molecule has 2 aromatic carbocycles. The highest BCUT2D eigenvalue weighted by Crippen LogP contribution is 2.27. The minimum Gasteiger partial charge on any atom is -0.497 e. The Labute approximate surface area is 171 Å². The predicted octanol–water partition coefficient (Wildman–Crippen LogP) is 4.07. The zero-order valence-corrected chi connectivity index (χ0v) is 15.9. The number of anilines is 4. The molecule has 0 radical (unpaired) electrons. The molecule has 0 aliphatic heterocycles. The number of rotatable bonds is 7. The van der Waals surface area contributed by atoms with Crippen LogP contribution in [0.2, 0.25) is 0 Å². The molecule has 10 nitrogen and oxygen atoms in total. The molecular weight excluding hydrogens is 386 g/mol. The van der Waals surface area contributed by atoms with Crippen LogP contribution in [-0.4, -0.2) is 31.8 Å². The third kappa shape index (κ3) is 4.17. The first-order valence-corrected chi connectivity index (χ1v) is 8.92. The van der Waals surface area contributed by atoms with Crippen LogP contribution in [0.4, 0.5) is 28.8 Å². The van der Waals surface area contributed by atoms with E-state index in [2.05, 4.69) is 25.7 Å². The van der Waals surface area contributed by atoms with Gasteiger partial charge in [-0.2, -0.15) is 10.1 Å². The van der Waals surface area contributed by atoms with Crippen molar-refractivity contribution in [1.29, 1.82) is 0 Å². The van der Waals surface area contributed by atoms with E-state index in [1.807, 2.05) is 30.3 Å². The molecule has 0 aliphatic rings. The Morgan fingerprint density at radius 1 is 1.00 bits per heavy atom. The summed E-state index contributed by atoms with van der Waals surface area (Å²) in [5, 5.41) is 21.6. The van der Waals surface area contributed by atoms with Gasteiger partial charge in [-0.05, 0) is 36.4 Å². The van der Waals surface area contributed by atoms with Crippen LogP contribution < -0.4 is 15.4 Å². The standard InChI is InChI=1S/C20H17N7O3/c1-30-17-9-7-14(8-10-17)23-19-18(27(28)29)12-21-20(25-19)24-15-11-22-26(13-15)16-5-3-2-4-6-16/h2-13H,1H3,(H2,21,23,24,25). The van der Waals surface area contributed by atoms with Gasteiger partial charge in [0.1, 0.15) is 11.9 Å². The molecule has 2 N–H and O–H groups in total. The van der Waals surface area contributed by atoms with Gasteiger partial charge in [0.2, 0.25) is 11.8 Å². The minimum absolute atomic E-state index is 0.0677. The number of ether oxygens (including phenoxy) is 1. The Morgan fingerprint density at radius 2 is 1.77 bits per heavy atom. The van der Waals surface area contributed by atoms with Crippen molar-refractivity contribution in [3.05, 3.63) is 83.3 Å². The molecule has 0 aliphatic carbocycles. The summed E-state index contributed by atoms with van der Waals surface area (Å²) in [6.45, 7) is 0. The van der Waals surface area contributed by atoms with Gasteiger partial charge in [0.25, 0.3) is 0 Å². The van der Waals surface area contributed by atoms with Crippen LogP contribution in [0.25, 0.3) is 5.69 Å². The van der Waals surface area contributed by atoms with Crippen molar-refractivity contribution < 1.29 is 9.66 Å². The van der Waals surface area contributed by atoms with Gasteiger partial charge in [-0.3, -0.25) is 10.1 Å². The molecule has 2 aromatic heterocycles. The summed E-state index contributed by atoms with van der Waals surface area (Å²) < 4.78 is 6.82. The van der Waals surface area contributed by atoms with E-state index in [-0.39, 0.29) is 17.5 Å². The van der Waals surface area contributed by atoms with Gasteiger partial charge in [-0.15, -0.1) is 0 Å². The fourth-order valence-corrected chi connectivity index (χ4v) is 2.71. The highest BCUT2D eigenvalue weighted by Gasteiger charge is 2.18. The van der Waals surface area contributed by atoms with Gasteiger partial charge in [0.05, 0.1) is 35.8 Å². The number of nitrogens with zero attached hydrogens (tertiary/aromatic N) is 5. The minimum atomic E-state index is -0.539. The Balaban J connectivity index is 1.57. The van der Waals surface area contributed by atoms with Crippen molar-refractivity contribution in [1.82, 2.24) is 19.7 Å². The topological polar surface area (TPSA) is 120 Å². The normalized spacial score (nSPS) is 10.4. The molecule has 0 spiro atoms. The summed E-state index contributed by atoms with van der Waals surface area (Å²) >= 11 is 0. The van der Waals surface area contributed by atoms with Crippen LogP contribution in [0.15, 0.2) is 73.2 Å². The van der Waals surface area contributed by atoms with Crippen LogP contribution in [0.5, 0.6) is 5.75 Å². The van der Waals surface area contributed by atoms with Gasteiger partial charge in [-0.1, -0.05) is 18.2 Å². The van der Waals surface area contributed by atoms with E-state index < -0.39 is 4.92 Å². The SMILES string of the molecule is COc1ccc(Nc2nc(Nc3cnn(-c4ccccc4)c3)ncc2[N+](=O)[O-])cc1. The maximum Gasteiger partial charge on any atom is 0.329 e. The van der Waals surface area contributed by atoms with Gasteiger partial charge in [0, 0.05) is 5.69 Å². The molecule has 0 saturated carbocycles. The highest BCUT2D eigenvalue weighted by molar-refractivity contribution is 5.67. The highest BCUT2D eigenvalue weighted by atomic mass is 16.6. The molecule has 4 rings (SSSR count). The second kappa shape index (κ2) is 8.27. The number of para-hydroxylation sites is 1. The maximum absolute atomic E-state index is 11.4. The zero-order valence-electron chi connectivity index (χ0n) is 15.9. The quantitative estimate of drug-likeness (QED) is 0.350. The number of nitro groups is 1. The van der Waals surface area contributed by atoms with E-state index >= 15 is 0 Å². The molecule has 4 aromatic rings. The largest absolute Gasteiger partial charge is 0.497 e. The first-order chi connectivity index (χ1) is 14.6. The molecule has 0 saturated heterocycles. The summed E-state index contributed by atoms with van der Waals surface area (Å²) in [5.41, 5.74) is 1.93. The first kappa shape index (κ1) is 18.9. The van der Waals surface area contributed by atoms with Crippen LogP contribution in [-0.2, 0) is 0 Å². The summed E-state index contributed by atoms with van der Waals surface area (Å²) in [6, 6.07) is 16.6. The van der Waals surface area contributed by atoms with E-state index in [4.69, 9.17) is 4.74 Å². The van der Waals surface area contributed by atoms with Gasteiger partial charge >= 0.3 is 5.69 Å². The summed E-state index contributed by atoms with van der Waals surface area (Å²) in [4.78, 5) is 19.1. The van der Waals surface area contributed by atoms with Crippen LogP contribution >= 0.6 is 0 Å². The molecule has 150 valence electrons. The van der Waals surface area contributed by atoms with Crippen molar-refractivity contribution in [2.75, 3.05) is 17.7 Å². The van der Waals surface area contributed by atoms with E-state index in [0.29, 0.717) is 17.1 Å². The molecule has 10 heteroatoms. The third-order valence-electron chi connectivity index (χ3n) is 4.18. The van der Waals surface area contributed by atoms with Crippen LogP contribution in [0, 0.1) is 10.1 Å². The Morgan fingerprint density at radius 3 is 2.47 bits per heavy atom. The number of benzene rings is 2. The molecule has 0 atom stereocenters. The molecule has 30 heavy (non-hydrogen) atoms. The third-order valence-corrected chi connectivity index (χ3v) is 4.18. The number of nitrogens with one attached hydrogen (secondary N) is 2. The number of hydrogen-bond acceptors (Lipinski definition) is 8. The summed E-state index contributed by atoms with van der Waals surface area (Å²) in [7, 11) is 1.57. The Bertz CT molecular complexity index is 1160. The molecular formula is C20H17N7O3. The Hall–Kier alpha value is -4.47. The van der Waals surface area contributed by atoms with Crippen molar-refractivity contribution in [2.24, 2.45) is 0 Å². The van der Waals surface area contributed by atoms with Crippen molar-refractivity contribution >= 4 is 28.8 Å². The first-order valence-electron chi connectivity index (χ1n) is 8.92. The van der Waals surface area contributed by atoms with E-state index in [0.717, 1.165) is 11.9 Å². The van der Waals surface area contributed by atoms with Gasteiger partial charge in [-0.25, -0.2) is 9.67 Å². The molecule has 2 heterocycles. The van der Waals surface area contributed by atoms with E-state index in [1.54, 1.807) is 48.5 Å². The lowest BCUT2D eigenvalue weighted by Crippen LogP contribution is -2.04. The van der Waals surface area contributed by atoms with Crippen molar-refractivity contribution in [3.8, 4) is 11.4 Å². The van der Waals surface area contributed by atoms with Crippen LogP contribution in [0.3, 0.4) is 0 Å². The number of aromatic nitrogens is 4. The lowest BCUT2D eigenvalue weighted by molar-refractivity contribution is -0.384. The lowest BCUT2D eigenvalue weighted by Gasteiger charge is -2.09. The number of hydrogen-bond donors (Lipinski definition) is 2. The lowest BCUT2D eigenvalue weighted by atomic mass is 10.3. The Kier molecular flexibility index (Phi) is 5.20. The van der Waals surface area contributed by atoms with Crippen molar-refractivity contribution in [3.63, 3.8) is 0 Å². The zero-order chi connectivity index (χ0) is 20.9. The molecule has 0 unspecified atom stereocenters. The smallest absolute Gasteiger partial charge is 0.329 e. The molecule has 0 amide bonds. The molecule has 0 bridgehead atoms. The van der Waals surface area contributed by atoms with Crippen LogP contribution in [0.1, 0.15) is 0 Å². The fraction of sp³-hybridized carbons (Fsp3) is 0.0500. The monoisotopic (exact) mass is 403 g/mol. The second-order valence-electron chi connectivity index (χ2n) is 6.17. The van der Waals surface area contributed by atoms with Gasteiger partial charge < -0.3 is 15.4 Å². The average Bonchev–Trinajstić information content (AvgIpc) is 3.23. The number of methoxy groups -OCH3 is 1. The second-order valence-corrected chi connectivity index (χ2v) is 6.17. The summed E-state index contributed by atoms with van der Waals surface area (Å²) in [5.74, 6) is 0.942. The van der Waals surface area contributed by atoms with E-state index in [1.165, 1.54) is 0 Å². The maximum atomic E-state index is 11.4. The predicted molar refractivity (Wildman–Crippen MR) is 112 cm³/mol. The summed E-state index contributed by atoms with van der Waals surface area (Å²) in [6.07, 6.45) is 4.55. The van der Waals surface area contributed by atoms with E-state index in [9.17, 15) is 10.1 Å². The molecule has 0 fully saturated rings.